The summed E-state index contributed by atoms with van der Waals surface area (Å²) in [6, 6.07) is 21.4. The number of aromatic nitrogens is 5. The summed E-state index contributed by atoms with van der Waals surface area (Å²) >= 11 is 1.60. The fraction of sp³-hybridized carbons (Fsp3) is 0.423. The Labute approximate surface area is 400 Å². The minimum Gasteiger partial charge on any atom is -0.474 e. The Morgan fingerprint density at radius 3 is 2.40 bits per heavy atom. The normalized spacial score (nSPS) is 20.8. The number of carbonyl (C=O) groups is 2. The first-order chi connectivity index (χ1) is 33.0. The summed E-state index contributed by atoms with van der Waals surface area (Å²) in [6.07, 6.45) is 6.95. The lowest BCUT2D eigenvalue weighted by atomic mass is 9.91. The lowest BCUT2D eigenvalue weighted by Gasteiger charge is -2.37. The van der Waals surface area contributed by atoms with E-state index in [1.165, 1.54) is 10.3 Å². The smallest absolute Gasteiger partial charge is 0.243 e. The average molecular weight is 938 g/mol. The molecule has 16 heteroatoms. The zero-order valence-corrected chi connectivity index (χ0v) is 40.1. The molecule has 7 aromatic rings. The minimum atomic E-state index is -0.804. The van der Waals surface area contributed by atoms with Crippen LogP contribution in [0.25, 0.3) is 43.4 Å². The Kier molecular flexibility index (Phi) is 13.0. The number of nitrogens with zero attached hydrogens (tertiary/aromatic N) is 8. The van der Waals surface area contributed by atoms with Gasteiger partial charge in [-0.05, 0) is 54.7 Å². The molecular weight excluding hydrogens is 879 g/mol. The third-order valence-electron chi connectivity index (χ3n) is 14.1. The Morgan fingerprint density at radius 2 is 1.66 bits per heavy atom. The molecule has 2 aliphatic heterocycles. The summed E-state index contributed by atoms with van der Waals surface area (Å²) in [6.45, 7) is 12.6. The van der Waals surface area contributed by atoms with Crippen LogP contribution in [0, 0.1) is 12.8 Å². The molecule has 0 radical (unpaired) electrons. The Morgan fingerprint density at radius 1 is 0.882 bits per heavy atom. The number of aliphatic hydroxyl groups excluding tert-OH is 1. The van der Waals surface area contributed by atoms with E-state index >= 15 is 0 Å². The highest BCUT2D eigenvalue weighted by atomic mass is 32.1. The number of thiazole rings is 1. The van der Waals surface area contributed by atoms with Gasteiger partial charge < -0.3 is 38.8 Å². The van der Waals surface area contributed by atoms with Gasteiger partial charge in [0.15, 0.2) is 11.6 Å². The summed E-state index contributed by atoms with van der Waals surface area (Å²) in [5.41, 5.74) is 9.32. The molecular formula is C52H59N9O6S. The first-order valence-electron chi connectivity index (χ1n) is 23.8. The number of β-amino-alcohol motifs (C(OH)–C–C–N with tert-alkyl or cyclic N) is 1. The van der Waals surface area contributed by atoms with Crippen LogP contribution in [-0.2, 0) is 21.4 Å². The highest BCUT2D eigenvalue weighted by Crippen LogP contribution is 2.35. The molecule has 2 saturated heterocycles. The predicted molar refractivity (Wildman–Crippen MR) is 263 cm³/mol. The number of ether oxygens (including phenoxy) is 2. The molecule has 3 aliphatic rings. The van der Waals surface area contributed by atoms with E-state index in [0.717, 1.165) is 94.8 Å². The summed E-state index contributed by atoms with van der Waals surface area (Å²) in [5, 5.41) is 20.6. The standard InChI is InChI=1S/C52H59N9O6S/c1-31(2)49(52(64)61-29-38(62)23-45(61)51(63)56-32(3)34-6-8-35(9-7-34)50-33(4)55-30-68-50)46-26-47(57-67-46)60-18-16-59(17-19-60)20-21-65-39-24-40(25-39)66-48-13-11-37(27-54-48)36-10-12-41-42-28-53-15-14-43(42)58(5)44(41)22-36/h6-15,22,26-28,30-32,38-40,45,49,62H,16-21,23-25,29H2,1-5H3,(H,56,63)/t32-,38+,39?,40?,45-,49?/m0/s1. The number of piperazine rings is 1. The molecule has 4 atom stereocenters. The quantitative estimate of drug-likeness (QED) is 0.104. The molecule has 2 N–H and O–H groups in total. The van der Waals surface area contributed by atoms with E-state index < -0.39 is 18.1 Å². The van der Waals surface area contributed by atoms with Crippen LogP contribution in [0.4, 0.5) is 5.82 Å². The van der Waals surface area contributed by atoms with Gasteiger partial charge in [-0.3, -0.25) is 19.5 Å². The molecule has 10 rings (SSSR count). The number of hydrogen-bond donors (Lipinski definition) is 2. The monoisotopic (exact) mass is 937 g/mol. The van der Waals surface area contributed by atoms with Gasteiger partial charge >= 0.3 is 0 Å². The molecule has 1 aliphatic carbocycles. The van der Waals surface area contributed by atoms with E-state index in [2.05, 4.69) is 71.1 Å². The van der Waals surface area contributed by atoms with Gasteiger partial charge in [-0.1, -0.05) is 55.4 Å². The fourth-order valence-electron chi connectivity index (χ4n) is 10.0. The van der Waals surface area contributed by atoms with Crippen LogP contribution in [0.2, 0.25) is 0 Å². The van der Waals surface area contributed by atoms with Crippen molar-refractivity contribution in [3.8, 4) is 27.4 Å². The lowest BCUT2D eigenvalue weighted by molar-refractivity contribution is -0.141. The number of amides is 2. The van der Waals surface area contributed by atoms with Gasteiger partial charge in [-0.2, -0.15) is 0 Å². The highest BCUT2D eigenvalue weighted by molar-refractivity contribution is 7.13. The van der Waals surface area contributed by atoms with Crippen molar-refractivity contribution < 1.29 is 28.7 Å². The van der Waals surface area contributed by atoms with E-state index in [1.807, 2.05) is 94.3 Å². The van der Waals surface area contributed by atoms with Gasteiger partial charge in [0.25, 0.3) is 0 Å². The second kappa shape index (κ2) is 19.4. The van der Waals surface area contributed by atoms with Crippen molar-refractivity contribution in [3.63, 3.8) is 0 Å². The SMILES string of the molecule is Cc1ncsc1-c1ccc([C@H](C)NC(=O)[C@@H]2C[C@@H](O)CN2C(=O)C(c2cc(N3CCN(CCOC4CC(Oc5ccc(-c6ccc7c8cnccc8n(C)c7c6)cn5)C4)CC3)no2)C(C)C)cc1. The van der Waals surface area contributed by atoms with E-state index in [4.69, 9.17) is 14.0 Å². The molecule has 15 nitrogen and oxygen atoms in total. The first kappa shape index (κ1) is 45.6. The van der Waals surface area contributed by atoms with Crippen LogP contribution < -0.4 is 15.0 Å². The largest absolute Gasteiger partial charge is 0.474 e. The van der Waals surface area contributed by atoms with Crippen LogP contribution in [0.5, 0.6) is 5.88 Å². The van der Waals surface area contributed by atoms with Gasteiger partial charge in [-0.25, -0.2) is 9.97 Å². The third-order valence-corrected chi connectivity index (χ3v) is 15.0. The average Bonchev–Trinajstić information content (AvgIpc) is 4.15. The maximum atomic E-state index is 14.3. The fourth-order valence-corrected chi connectivity index (χ4v) is 10.8. The molecule has 1 saturated carbocycles. The summed E-state index contributed by atoms with van der Waals surface area (Å²) < 4.78 is 20.5. The van der Waals surface area contributed by atoms with Gasteiger partial charge in [0, 0.05) is 118 Å². The molecule has 2 amide bonds. The summed E-state index contributed by atoms with van der Waals surface area (Å²) in [5.74, 6) is 0.449. The molecule has 0 spiro atoms. The molecule has 5 aromatic heterocycles. The van der Waals surface area contributed by atoms with Crippen LogP contribution in [0.15, 0.2) is 95.4 Å². The van der Waals surface area contributed by atoms with Crippen molar-refractivity contribution in [1.29, 1.82) is 0 Å². The zero-order valence-electron chi connectivity index (χ0n) is 39.2. The van der Waals surface area contributed by atoms with E-state index in [1.54, 1.807) is 11.3 Å². The summed E-state index contributed by atoms with van der Waals surface area (Å²) in [7, 11) is 2.09. The molecule has 2 aromatic carbocycles. The first-order valence-corrected chi connectivity index (χ1v) is 24.7. The van der Waals surface area contributed by atoms with Gasteiger partial charge in [0.2, 0.25) is 17.7 Å². The Balaban J connectivity index is 0.661. The van der Waals surface area contributed by atoms with Crippen LogP contribution >= 0.6 is 11.3 Å². The van der Waals surface area contributed by atoms with Gasteiger partial charge in [-0.15, -0.1) is 11.3 Å². The van der Waals surface area contributed by atoms with E-state index in [-0.39, 0.29) is 48.9 Å². The number of likely N-dealkylation sites (tertiary alicyclic amines) is 1. The highest BCUT2D eigenvalue weighted by Gasteiger charge is 2.44. The number of anilines is 1. The van der Waals surface area contributed by atoms with Crippen molar-refractivity contribution in [2.24, 2.45) is 13.0 Å². The maximum absolute atomic E-state index is 14.3. The maximum Gasteiger partial charge on any atom is 0.243 e. The molecule has 0 bridgehead atoms. The second-order valence-electron chi connectivity index (χ2n) is 18.9. The number of fused-ring (bicyclic) bond motifs is 3. The minimum absolute atomic E-state index is 0.0794. The number of hydrogen-bond acceptors (Lipinski definition) is 13. The zero-order chi connectivity index (χ0) is 47.1. The number of pyridine rings is 2. The lowest BCUT2D eigenvalue weighted by Crippen LogP contribution is -2.48. The number of carbonyl (C=O) groups excluding carboxylic acids is 2. The molecule has 354 valence electrons. The van der Waals surface area contributed by atoms with Crippen molar-refractivity contribution >= 4 is 50.8 Å². The van der Waals surface area contributed by atoms with Crippen molar-refractivity contribution in [3.05, 3.63) is 108 Å². The van der Waals surface area contributed by atoms with Gasteiger partial charge in [0.05, 0.1) is 46.5 Å². The Bertz CT molecular complexity index is 2880. The Hall–Kier alpha value is -6.20. The number of nitrogens with one attached hydrogen (secondary N) is 1. The molecule has 1 unspecified atom stereocenters. The number of rotatable bonds is 15. The van der Waals surface area contributed by atoms with E-state index in [0.29, 0.717) is 24.1 Å². The van der Waals surface area contributed by atoms with Crippen molar-refractivity contribution in [1.82, 2.24) is 39.8 Å². The van der Waals surface area contributed by atoms with E-state index in [9.17, 15) is 14.7 Å². The molecule has 68 heavy (non-hydrogen) atoms. The van der Waals surface area contributed by atoms with Crippen LogP contribution in [-0.4, -0.2) is 122 Å². The number of benzene rings is 2. The second-order valence-corrected chi connectivity index (χ2v) is 19.8. The van der Waals surface area contributed by atoms with Crippen LogP contribution in [0.3, 0.4) is 0 Å². The topological polar surface area (TPSA) is 164 Å². The van der Waals surface area contributed by atoms with Crippen molar-refractivity contribution in [2.45, 2.75) is 83.3 Å². The third kappa shape index (κ3) is 9.34. The van der Waals surface area contributed by atoms with Crippen LogP contribution in [0.1, 0.15) is 69.0 Å². The van der Waals surface area contributed by atoms with Gasteiger partial charge in [0.1, 0.15) is 18.1 Å². The molecule has 7 heterocycles. The predicted octanol–water partition coefficient (Wildman–Crippen LogP) is 7.54. The number of aliphatic hydroxyl groups is 1. The van der Waals surface area contributed by atoms with Crippen molar-refractivity contribution in [2.75, 3.05) is 50.8 Å². The number of aryl methyl sites for hydroxylation is 2. The summed E-state index contributed by atoms with van der Waals surface area (Å²) in [4.78, 5) is 48.6. The molecule has 3 fully saturated rings.